The summed E-state index contributed by atoms with van der Waals surface area (Å²) in [6.07, 6.45) is 11.6. The zero-order valence-electron chi connectivity index (χ0n) is 19.6. The van der Waals surface area contributed by atoms with E-state index >= 15 is 0 Å². The first-order chi connectivity index (χ1) is 15.0. The van der Waals surface area contributed by atoms with Crippen molar-refractivity contribution >= 4 is 12.4 Å². The fourth-order valence-electron chi connectivity index (χ4n) is 3.69. The lowest BCUT2D eigenvalue weighted by atomic mass is 9.99. The molecular formula is C27H38N2O2. The van der Waals surface area contributed by atoms with E-state index in [1.54, 1.807) is 12.4 Å². The van der Waals surface area contributed by atoms with Crippen molar-refractivity contribution in [3.8, 4) is 11.5 Å². The largest absolute Gasteiger partial charge is 0.507 e. The van der Waals surface area contributed by atoms with Crippen LogP contribution in [0.3, 0.4) is 0 Å². The second kappa shape index (κ2) is 12.9. The van der Waals surface area contributed by atoms with E-state index in [1.807, 2.05) is 12.1 Å². The molecule has 2 aromatic carbocycles. The molecule has 0 saturated carbocycles. The molecule has 2 rings (SSSR count). The van der Waals surface area contributed by atoms with E-state index in [4.69, 9.17) is 0 Å². The van der Waals surface area contributed by atoms with Crippen LogP contribution in [0.15, 0.2) is 34.3 Å². The molecule has 0 atom stereocenters. The molecule has 0 bridgehead atoms. The van der Waals surface area contributed by atoms with E-state index in [9.17, 15) is 10.2 Å². The van der Waals surface area contributed by atoms with Crippen molar-refractivity contribution in [2.45, 2.75) is 79.1 Å². The molecule has 31 heavy (non-hydrogen) atoms. The normalized spacial score (nSPS) is 11.7. The average molecular weight is 423 g/mol. The zero-order valence-corrected chi connectivity index (χ0v) is 19.6. The van der Waals surface area contributed by atoms with Crippen molar-refractivity contribution in [2.75, 3.05) is 6.67 Å². The molecule has 0 fully saturated rings. The first-order valence-electron chi connectivity index (χ1n) is 11.7. The molecule has 0 aliphatic rings. The number of hydrogen-bond donors (Lipinski definition) is 2. The van der Waals surface area contributed by atoms with E-state index in [-0.39, 0.29) is 6.67 Å². The quantitative estimate of drug-likeness (QED) is 0.389. The second-order valence-electron chi connectivity index (χ2n) is 8.06. The fourth-order valence-corrected chi connectivity index (χ4v) is 3.69. The van der Waals surface area contributed by atoms with E-state index in [1.165, 1.54) is 11.1 Å². The maximum atomic E-state index is 10.5. The van der Waals surface area contributed by atoms with Gasteiger partial charge < -0.3 is 10.2 Å². The number of phenolic OH excluding ortho intramolecular Hbond substituents is 2. The fraction of sp³-hybridized carbons (Fsp3) is 0.481. The maximum Gasteiger partial charge on any atom is 0.129 e. The summed E-state index contributed by atoms with van der Waals surface area (Å²) < 4.78 is 0. The highest BCUT2D eigenvalue weighted by atomic mass is 16.3. The van der Waals surface area contributed by atoms with Crippen LogP contribution in [0, 0.1) is 0 Å². The molecule has 0 amide bonds. The molecule has 168 valence electrons. The highest BCUT2D eigenvalue weighted by molar-refractivity contribution is 5.86. The Morgan fingerprint density at radius 1 is 0.677 bits per heavy atom. The van der Waals surface area contributed by atoms with Gasteiger partial charge in [0.05, 0.1) is 0 Å². The van der Waals surface area contributed by atoms with Gasteiger partial charge in [-0.15, -0.1) is 0 Å². The molecule has 4 nitrogen and oxygen atoms in total. The number of unbranched alkanes of at least 4 members (excludes halogenated alkanes) is 2. The first kappa shape index (κ1) is 24.6. The second-order valence-corrected chi connectivity index (χ2v) is 8.06. The van der Waals surface area contributed by atoms with Gasteiger partial charge in [0.1, 0.15) is 18.2 Å². The minimum atomic E-state index is 0.250. The van der Waals surface area contributed by atoms with Crippen LogP contribution < -0.4 is 0 Å². The van der Waals surface area contributed by atoms with E-state index in [0.29, 0.717) is 11.5 Å². The van der Waals surface area contributed by atoms with Crippen LogP contribution in [0.25, 0.3) is 0 Å². The number of aryl methyl sites for hydroxylation is 4. The van der Waals surface area contributed by atoms with Crippen molar-refractivity contribution in [3.63, 3.8) is 0 Å². The Labute approximate surface area is 187 Å². The number of phenols is 2. The van der Waals surface area contributed by atoms with Gasteiger partial charge in [-0.3, -0.25) is 9.98 Å². The zero-order chi connectivity index (χ0) is 22.6. The Balaban J connectivity index is 2.14. The van der Waals surface area contributed by atoms with Crippen LogP contribution in [-0.2, 0) is 25.7 Å². The van der Waals surface area contributed by atoms with Crippen molar-refractivity contribution in [2.24, 2.45) is 9.98 Å². The van der Waals surface area contributed by atoms with Gasteiger partial charge in [-0.2, -0.15) is 0 Å². The maximum absolute atomic E-state index is 10.5. The topological polar surface area (TPSA) is 65.2 Å². The van der Waals surface area contributed by atoms with Crippen LogP contribution in [0.4, 0.5) is 0 Å². The molecule has 0 heterocycles. The van der Waals surface area contributed by atoms with Crippen molar-refractivity contribution in [1.82, 2.24) is 0 Å². The summed E-state index contributed by atoms with van der Waals surface area (Å²) in [6.45, 7) is 8.72. The molecule has 0 saturated heterocycles. The van der Waals surface area contributed by atoms with Crippen molar-refractivity contribution in [3.05, 3.63) is 57.6 Å². The Morgan fingerprint density at radius 2 is 1.10 bits per heavy atom. The monoisotopic (exact) mass is 422 g/mol. The summed E-state index contributed by atoms with van der Waals surface area (Å²) in [5.41, 5.74) is 5.89. The lowest BCUT2D eigenvalue weighted by Crippen LogP contribution is -1.96. The van der Waals surface area contributed by atoms with Gasteiger partial charge in [0.25, 0.3) is 0 Å². The first-order valence-corrected chi connectivity index (χ1v) is 11.7. The Hall–Kier alpha value is -2.62. The number of hydrogen-bond acceptors (Lipinski definition) is 4. The molecule has 0 aliphatic carbocycles. The summed E-state index contributed by atoms with van der Waals surface area (Å²) in [5.74, 6) is 0.619. The minimum Gasteiger partial charge on any atom is -0.507 e. The summed E-state index contributed by atoms with van der Waals surface area (Å²) in [5, 5.41) is 21.0. The molecule has 0 aliphatic heterocycles. The highest BCUT2D eigenvalue weighted by Crippen LogP contribution is 2.26. The molecule has 2 N–H and O–H groups in total. The third-order valence-corrected chi connectivity index (χ3v) is 5.58. The molecule has 0 aromatic heterocycles. The van der Waals surface area contributed by atoms with Gasteiger partial charge in [0.15, 0.2) is 0 Å². The Bertz CT molecular complexity index is 827. The van der Waals surface area contributed by atoms with Gasteiger partial charge in [-0.1, -0.05) is 52.7 Å². The van der Waals surface area contributed by atoms with Gasteiger partial charge >= 0.3 is 0 Å². The lowest BCUT2D eigenvalue weighted by molar-refractivity contribution is 0.467. The standard InChI is InChI=1S/C27H38N2O2/c1-5-9-11-20-13-22(7-3)26(30)24(15-20)17-28-19-29-18-25-16-21(12-10-6-2)14-23(8-4)27(25)31/h13-18,30-31H,5-12,19H2,1-4H3. The SMILES string of the molecule is CCCCc1cc(C=NCN=Cc2cc(CCCC)cc(CC)c2O)c(O)c(CC)c1. The van der Waals surface area contributed by atoms with Crippen LogP contribution in [0.2, 0.25) is 0 Å². The highest BCUT2D eigenvalue weighted by Gasteiger charge is 2.08. The lowest BCUT2D eigenvalue weighted by Gasteiger charge is -2.10. The van der Waals surface area contributed by atoms with Crippen LogP contribution in [0.5, 0.6) is 11.5 Å². The van der Waals surface area contributed by atoms with E-state index < -0.39 is 0 Å². The summed E-state index contributed by atoms with van der Waals surface area (Å²) >= 11 is 0. The van der Waals surface area contributed by atoms with Gasteiger partial charge in [0, 0.05) is 23.6 Å². The van der Waals surface area contributed by atoms with Crippen molar-refractivity contribution in [1.29, 1.82) is 0 Å². The minimum absolute atomic E-state index is 0.250. The molecule has 4 heteroatoms. The van der Waals surface area contributed by atoms with Gasteiger partial charge in [0.2, 0.25) is 0 Å². The molecular weight excluding hydrogens is 384 g/mol. The predicted molar refractivity (Wildman–Crippen MR) is 132 cm³/mol. The average Bonchev–Trinajstić information content (AvgIpc) is 2.78. The van der Waals surface area contributed by atoms with Crippen LogP contribution in [-0.4, -0.2) is 29.3 Å². The van der Waals surface area contributed by atoms with E-state index in [0.717, 1.165) is 73.6 Å². The van der Waals surface area contributed by atoms with E-state index in [2.05, 4.69) is 49.8 Å². The van der Waals surface area contributed by atoms with Gasteiger partial charge in [-0.25, -0.2) is 0 Å². The van der Waals surface area contributed by atoms with Gasteiger partial charge in [-0.05, 0) is 72.9 Å². The van der Waals surface area contributed by atoms with Crippen LogP contribution in [0.1, 0.15) is 86.8 Å². The van der Waals surface area contributed by atoms with Crippen molar-refractivity contribution < 1.29 is 10.2 Å². The molecule has 2 aromatic rings. The number of aliphatic imine (C=N–C) groups is 2. The predicted octanol–water partition coefficient (Wildman–Crippen LogP) is 6.40. The summed E-state index contributed by atoms with van der Waals surface area (Å²) in [7, 11) is 0. The van der Waals surface area contributed by atoms with Crippen LogP contribution >= 0.6 is 0 Å². The molecule has 0 unspecified atom stereocenters. The number of benzene rings is 2. The third kappa shape index (κ3) is 7.23. The number of rotatable bonds is 12. The number of nitrogens with zero attached hydrogens (tertiary/aromatic N) is 2. The molecule has 0 radical (unpaired) electrons. The molecule has 0 spiro atoms. The Kier molecular flexibility index (Phi) is 10.3. The summed E-state index contributed by atoms with van der Waals surface area (Å²) in [4.78, 5) is 8.79. The number of aromatic hydroxyl groups is 2. The smallest absolute Gasteiger partial charge is 0.129 e. The third-order valence-electron chi connectivity index (χ3n) is 5.58. The Morgan fingerprint density at radius 3 is 1.45 bits per heavy atom. The summed E-state index contributed by atoms with van der Waals surface area (Å²) in [6, 6.07) is 8.24.